The Morgan fingerprint density at radius 2 is 1.89 bits per heavy atom. The first-order chi connectivity index (χ1) is 13.0. The number of likely N-dealkylation sites (tertiary alicyclic amines) is 1. The fourth-order valence-corrected chi connectivity index (χ4v) is 3.35. The minimum absolute atomic E-state index is 0.122. The van der Waals surface area contributed by atoms with Gasteiger partial charge in [0.25, 0.3) is 11.7 Å². The number of hydrogen-bond acceptors (Lipinski definition) is 4. The summed E-state index contributed by atoms with van der Waals surface area (Å²) in [6.45, 7) is 1.32. The molecule has 0 spiro atoms. The molecular formula is C21H24N3O3+. The summed E-state index contributed by atoms with van der Waals surface area (Å²) in [6.07, 6.45) is 4.04. The number of hydrogen-bond donors (Lipinski definition) is 2. The van der Waals surface area contributed by atoms with E-state index in [0.29, 0.717) is 17.7 Å². The molecule has 1 fully saturated rings. The highest BCUT2D eigenvalue weighted by atomic mass is 16.3. The molecule has 3 rings (SSSR count). The van der Waals surface area contributed by atoms with Gasteiger partial charge in [-0.2, -0.15) is 0 Å². The number of amides is 1. The second kappa shape index (κ2) is 8.14. The van der Waals surface area contributed by atoms with E-state index in [2.05, 4.69) is 4.98 Å². The van der Waals surface area contributed by atoms with E-state index in [9.17, 15) is 14.7 Å². The van der Waals surface area contributed by atoms with Crippen LogP contribution >= 0.6 is 0 Å². The molecule has 6 heteroatoms. The van der Waals surface area contributed by atoms with Crippen molar-refractivity contribution in [3.63, 3.8) is 0 Å². The Hall–Kier alpha value is -2.99. The van der Waals surface area contributed by atoms with Gasteiger partial charge in [-0.1, -0.05) is 36.4 Å². The highest BCUT2D eigenvalue weighted by Gasteiger charge is 2.45. The van der Waals surface area contributed by atoms with E-state index < -0.39 is 17.7 Å². The Bertz CT molecular complexity index is 847. The quantitative estimate of drug-likeness (QED) is 0.455. The lowest BCUT2D eigenvalue weighted by molar-refractivity contribution is -0.858. The fourth-order valence-electron chi connectivity index (χ4n) is 3.35. The number of pyridine rings is 1. The SMILES string of the molecule is C[NH+](C)CCCN1C(=O)C(=O)C(=C(O)c2ccccc2)[C@H]1c1cccnc1. The summed E-state index contributed by atoms with van der Waals surface area (Å²) < 4.78 is 0. The van der Waals surface area contributed by atoms with E-state index in [1.165, 1.54) is 4.90 Å². The Labute approximate surface area is 158 Å². The number of ketones is 1. The average molecular weight is 366 g/mol. The molecule has 1 atom stereocenters. The van der Waals surface area contributed by atoms with Crippen molar-refractivity contribution in [1.82, 2.24) is 9.88 Å². The third-order valence-corrected chi connectivity index (χ3v) is 4.66. The maximum atomic E-state index is 12.8. The van der Waals surface area contributed by atoms with Crippen LogP contribution in [-0.4, -0.2) is 53.9 Å². The number of aliphatic hydroxyl groups excluding tert-OH is 1. The minimum Gasteiger partial charge on any atom is -0.507 e. The van der Waals surface area contributed by atoms with E-state index in [0.717, 1.165) is 13.0 Å². The first kappa shape index (κ1) is 18.8. The monoisotopic (exact) mass is 366 g/mol. The van der Waals surface area contributed by atoms with Gasteiger partial charge < -0.3 is 14.9 Å². The van der Waals surface area contributed by atoms with Crippen molar-refractivity contribution in [1.29, 1.82) is 0 Å². The van der Waals surface area contributed by atoms with Gasteiger partial charge in [-0.25, -0.2) is 0 Å². The van der Waals surface area contributed by atoms with Crippen LogP contribution in [0.15, 0.2) is 60.4 Å². The van der Waals surface area contributed by atoms with Crippen LogP contribution in [-0.2, 0) is 9.59 Å². The molecule has 2 N–H and O–H groups in total. The van der Waals surface area contributed by atoms with Gasteiger partial charge in [-0.3, -0.25) is 14.6 Å². The maximum Gasteiger partial charge on any atom is 0.295 e. The number of carbonyl (C=O) groups is 2. The average Bonchev–Trinajstić information content (AvgIpc) is 2.93. The van der Waals surface area contributed by atoms with Crippen molar-refractivity contribution in [2.45, 2.75) is 12.5 Å². The van der Waals surface area contributed by atoms with Crippen LogP contribution < -0.4 is 4.90 Å². The summed E-state index contributed by atoms with van der Waals surface area (Å²) in [4.78, 5) is 32.4. The predicted octanol–water partition coefficient (Wildman–Crippen LogP) is 1.04. The molecule has 140 valence electrons. The van der Waals surface area contributed by atoms with E-state index in [4.69, 9.17) is 0 Å². The molecule has 0 saturated carbocycles. The number of rotatable bonds is 6. The third kappa shape index (κ3) is 3.90. The topological polar surface area (TPSA) is 74.9 Å². The standard InChI is InChI=1S/C21H23N3O3/c1-23(2)12-7-13-24-18(16-10-6-11-22-14-16)17(20(26)21(24)27)19(25)15-8-4-3-5-9-15/h3-6,8-11,14,18,25H,7,12-13H2,1-2H3/p+1/t18-/m1/s1. The van der Waals surface area contributed by atoms with Crippen LogP contribution in [0.1, 0.15) is 23.6 Å². The van der Waals surface area contributed by atoms with E-state index in [1.807, 2.05) is 26.2 Å². The molecule has 1 amide bonds. The molecule has 1 aromatic carbocycles. The molecule has 1 aromatic heterocycles. The number of benzene rings is 1. The molecule has 6 nitrogen and oxygen atoms in total. The van der Waals surface area contributed by atoms with Crippen molar-refractivity contribution >= 4 is 17.4 Å². The van der Waals surface area contributed by atoms with Crippen molar-refractivity contribution in [3.05, 3.63) is 71.6 Å². The Kier molecular flexibility index (Phi) is 5.66. The van der Waals surface area contributed by atoms with Crippen LogP contribution in [0.5, 0.6) is 0 Å². The van der Waals surface area contributed by atoms with Gasteiger partial charge in [0.15, 0.2) is 0 Å². The van der Waals surface area contributed by atoms with Crippen LogP contribution in [0.3, 0.4) is 0 Å². The summed E-state index contributed by atoms with van der Waals surface area (Å²) in [6, 6.07) is 11.8. The molecule has 0 bridgehead atoms. The number of aliphatic hydroxyl groups is 1. The highest BCUT2D eigenvalue weighted by Crippen LogP contribution is 2.38. The number of Topliss-reactive ketones (excluding diaryl/α,β-unsaturated/α-hetero) is 1. The summed E-state index contributed by atoms with van der Waals surface area (Å²) in [5.74, 6) is -1.37. The highest BCUT2D eigenvalue weighted by molar-refractivity contribution is 6.46. The molecular weight excluding hydrogens is 342 g/mol. The Morgan fingerprint density at radius 3 is 2.52 bits per heavy atom. The number of nitrogens with zero attached hydrogens (tertiary/aromatic N) is 2. The molecule has 1 saturated heterocycles. The zero-order valence-electron chi connectivity index (χ0n) is 15.6. The summed E-state index contributed by atoms with van der Waals surface area (Å²) in [7, 11) is 4.09. The first-order valence-corrected chi connectivity index (χ1v) is 9.03. The molecule has 0 aliphatic carbocycles. The predicted molar refractivity (Wildman–Crippen MR) is 102 cm³/mol. The molecule has 2 aromatic rings. The third-order valence-electron chi connectivity index (χ3n) is 4.66. The number of carbonyl (C=O) groups excluding carboxylic acids is 2. The van der Waals surface area contributed by atoms with Crippen LogP contribution in [0, 0.1) is 0 Å². The Morgan fingerprint density at radius 1 is 1.15 bits per heavy atom. The van der Waals surface area contributed by atoms with Gasteiger partial charge >= 0.3 is 0 Å². The lowest BCUT2D eigenvalue weighted by Gasteiger charge is -2.25. The van der Waals surface area contributed by atoms with Crippen molar-refractivity contribution in [2.24, 2.45) is 0 Å². The van der Waals surface area contributed by atoms with Gasteiger partial charge in [0.2, 0.25) is 0 Å². The maximum absolute atomic E-state index is 12.8. The first-order valence-electron chi connectivity index (χ1n) is 9.03. The lowest BCUT2D eigenvalue weighted by Crippen LogP contribution is -3.05. The fraction of sp³-hybridized carbons (Fsp3) is 0.286. The molecule has 0 unspecified atom stereocenters. The van der Waals surface area contributed by atoms with Crippen molar-refractivity contribution in [3.8, 4) is 0 Å². The van der Waals surface area contributed by atoms with Crippen LogP contribution in [0.2, 0.25) is 0 Å². The summed E-state index contributed by atoms with van der Waals surface area (Å²) in [5.41, 5.74) is 1.35. The van der Waals surface area contributed by atoms with Crippen molar-refractivity contribution in [2.75, 3.05) is 27.2 Å². The van der Waals surface area contributed by atoms with Gasteiger partial charge in [-0.05, 0) is 11.6 Å². The van der Waals surface area contributed by atoms with Gasteiger partial charge in [0, 0.05) is 30.9 Å². The largest absolute Gasteiger partial charge is 0.507 e. The molecule has 27 heavy (non-hydrogen) atoms. The number of nitrogens with one attached hydrogen (secondary N) is 1. The lowest BCUT2D eigenvalue weighted by atomic mass is 9.96. The zero-order chi connectivity index (χ0) is 19.4. The molecule has 2 heterocycles. The summed E-state index contributed by atoms with van der Waals surface area (Å²) >= 11 is 0. The summed E-state index contributed by atoms with van der Waals surface area (Å²) in [5, 5.41) is 10.8. The van der Waals surface area contributed by atoms with Crippen molar-refractivity contribution < 1.29 is 19.6 Å². The van der Waals surface area contributed by atoms with Gasteiger partial charge in [0.05, 0.1) is 32.3 Å². The Balaban J connectivity index is 2.05. The van der Waals surface area contributed by atoms with E-state index in [1.54, 1.807) is 47.6 Å². The molecule has 1 aliphatic rings. The molecule has 1 aliphatic heterocycles. The molecule has 0 radical (unpaired) electrons. The smallest absolute Gasteiger partial charge is 0.295 e. The number of quaternary nitrogens is 1. The van der Waals surface area contributed by atoms with Crippen LogP contribution in [0.4, 0.5) is 0 Å². The zero-order valence-corrected chi connectivity index (χ0v) is 15.6. The van der Waals surface area contributed by atoms with Crippen LogP contribution in [0.25, 0.3) is 5.76 Å². The second-order valence-electron chi connectivity index (χ2n) is 6.96. The second-order valence-corrected chi connectivity index (χ2v) is 6.96. The van der Waals surface area contributed by atoms with Gasteiger partial charge in [-0.15, -0.1) is 0 Å². The van der Waals surface area contributed by atoms with E-state index >= 15 is 0 Å². The number of aromatic nitrogens is 1. The van der Waals surface area contributed by atoms with Gasteiger partial charge in [0.1, 0.15) is 5.76 Å². The normalized spacial score (nSPS) is 19.1. The minimum atomic E-state index is -0.651. The van der Waals surface area contributed by atoms with E-state index in [-0.39, 0.29) is 11.3 Å².